The first-order chi connectivity index (χ1) is 11.2. The summed E-state index contributed by atoms with van der Waals surface area (Å²) < 4.78 is 7.76. The Kier molecular flexibility index (Phi) is 4.57. The number of ether oxygens (including phenoxy) is 1. The zero-order valence-corrected chi connectivity index (χ0v) is 12.7. The molecule has 1 N–H and O–H groups in total. The first-order valence-corrected chi connectivity index (χ1v) is 7.57. The van der Waals surface area contributed by atoms with E-state index in [9.17, 15) is 4.79 Å². The Morgan fingerprint density at radius 2 is 2.13 bits per heavy atom. The molecule has 23 heavy (non-hydrogen) atoms. The second-order valence-electron chi connectivity index (χ2n) is 5.38. The number of rotatable bonds is 7. The summed E-state index contributed by atoms with van der Waals surface area (Å²) in [6, 6.07) is 13.6. The largest absolute Gasteiger partial charge is 0.487 e. The molecule has 0 saturated carbocycles. The van der Waals surface area contributed by atoms with Gasteiger partial charge >= 0.3 is 5.97 Å². The minimum absolute atomic E-state index is 0.187. The summed E-state index contributed by atoms with van der Waals surface area (Å²) in [4.78, 5) is 15.0. The second-order valence-corrected chi connectivity index (χ2v) is 5.38. The van der Waals surface area contributed by atoms with Gasteiger partial charge in [0.05, 0.1) is 5.69 Å². The maximum atomic E-state index is 10.6. The number of benzene rings is 1. The van der Waals surface area contributed by atoms with Gasteiger partial charge in [0.2, 0.25) is 0 Å². The van der Waals surface area contributed by atoms with Crippen molar-refractivity contribution in [2.24, 2.45) is 0 Å². The lowest BCUT2D eigenvalue weighted by Gasteiger charge is -2.06. The Hall–Kier alpha value is -2.82. The number of imidazole rings is 1. The smallest absolute Gasteiger partial charge is 0.303 e. The molecule has 1 aromatic carbocycles. The normalized spacial score (nSPS) is 10.8. The van der Waals surface area contributed by atoms with Crippen LogP contribution < -0.4 is 4.74 Å². The van der Waals surface area contributed by atoms with E-state index < -0.39 is 5.97 Å². The second kappa shape index (κ2) is 6.96. The number of pyridine rings is 1. The molecule has 3 rings (SSSR count). The molecule has 5 heteroatoms. The van der Waals surface area contributed by atoms with E-state index in [0.29, 0.717) is 13.0 Å². The number of hydrogen-bond donors (Lipinski definition) is 1. The van der Waals surface area contributed by atoms with Crippen LogP contribution in [0.25, 0.3) is 5.65 Å². The minimum atomic E-state index is -0.760. The lowest BCUT2D eigenvalue weighted by atomic mass is 10.1. The summed E-state index contributed by atoms with van der Waals surface area (Å²) in [5.41, 5.74) is 2.85. The van der Waals surface area contributed by atoms with Crippen molar-refractivity contribution in [2.45, 2.75) is 25.9 Å². The first kappa shape index (κ1) is 15.1. The molecule has 0 aliphatic carbocycles. The molecule has 0 unspecified atom stereocenters. The maximum Gasteiger partial charge on any atom is 0.303 e. The molecule has 118 valence electrons. The number of fused-ring (bicyclic) bond motifs is 1. The number of carbonyl (C=O) groups is 1. The zero-order chi connectivity index (χ0) is 16.1. The van der Waals surface area contributed by atoms with Crippen LogP contribution in [0.15, 0.2) is 54.9 Å². The third kappa shape index (κ3) is 4.10. The Labute approximate surface area is 134 Å². The summed E-state index contributed by atoms with van der Waals surface area (Å²) in [7, 11) is 0. The quantitative estimate of drug-likeness (QED) is 0.727. The summed E-state index contributed by atoms with van der Waals surface area (Å²) >= 11 is 0. The van der Waals surface area contributed by atoms with Crippen molar-refractivity contribution in [1.82, 2.24) is 9.38 Å². The van der Waals surface area contributed by atoms with E-state index >= 15 is 0 Å². The third-order valence-corrected chi connectivity index (χ3v) is 3.56. The highest BCUT2D eigenvalue weighted by Crippen LogP contribution is 2.17. The molecule has 0 atom stereocenters. The number of aryl methyl sites for hydroxylation is 1. The molecule has 0 spiro atoms. The van der Waals surface area contributed by atoms with Crippen molar-refractivity contribution < 1.29 is 14.6 Å². The van der Waals surface area contributed by atoms with Crippen molar-refractivity contribution in [3.8, 4) is 5.75 Å². The number of nitrogens with zero attached hydrogens (tertiary/aromatic N) is 2. The van der Waals surface area contributed by atoms with Gasteiger partial charge in [0, 0.05) is 18.8 Å². The molecule has 0 aliphatic heterocycles. The third-order valence-electron chi connectivity index (χ3n) is 3.56. The first-order valence-electron chi connectivity index (χ1n) is 7.57. The molecule has 2 aromatic heterocycles. The standard InChI is InChI=1S/C18H18N2O3/c21-18(22)9-4-6-14-5-3-7-16(11-14)23-13-15-12-20-10-2-1-8-17(20)19-15/h1-3,5,7-8,10-12H,4,6,9,13H2,(H,21,22). The fraction of sp³-hybridized carbons (Fsp3) is 0.222. The van der Waals surface area contributed by atoms with E-state index in [0.717, 1.165) is 29.1 Å². The van der Waals surface area contributed by atoms with Crippen LogP contribution in [0.4, 0.5) is 0 Å². The van der Waals surface area contributed by atoms with Crippen LogP contribution in [0.5, 0.6) is 5.75 Å². The van der Waals surface area contributed by atoms with Gasteiger partial charge in [-0.25, -0.2) is 4.98 Å². The minimum Gasteiger partial charge on any atom is -0.487 e. The maximum absolute atomic E-state index is 10.6. The SMILES string of the molecule is O=C(O)CCCc1cccc(OCc2cn3ccccc3n2)c1. The lowest BCUT2D eigenvalue weighted by Crippen LogP contribution is -1.98. The number of carboxylic acids is 1. The van der Waals surface area contributed by atoms with Crippen LogP contribution in [0, 0.1) is 0 Å². The molecule has 3 aromatic rings. The van der Waals surface area contributed by atoms with Gasteiger partial charge in [0.15, 0.2) is 0 Å². The number of hydrogen-bond acceptors (Lipinski definition) is 3. The molecule has 5 nitrogen and oxygen atoms in total. The Bertz CT molecular complexity index is 778. The van der Waals surface area contributed by atoms with E-state index in [1.807, 2.05) is 59.3 Å². The summed E-state index contributed by atoms with van der Waals surface area (Å²) in [5.74, 6) is 0.0131. The summed E-state index contributed by atoms with van der Waals surface area (Å²) in [5, 5.41) is 8.68. The predicted molar refractivity (Wildman–Crippen MR) is 86.5 cm³/mol. The van der Waals surface area contributed by atoms with E-state index in [1.54, 1.807) is 0 Å². The van der Waals surface area contributed by atoms with Gasteiger partial charge in [0.1, 0.15) is 18.0 Å². The van der Waals surface area contributed by atoms with E-state index in [1.165, 1.54) is 0 Å². The van der Waals surface area contributed by atoms with Crippen molar-refractivity contribution in [3.63, 3.8) is 0 Å². The van der Waals surface area contributed by atoms with Gasteiger partial charge < -0.3 is 14.2 Å². The van der Waals surface area contributed by atoms with Gasteiger partial charge in [-0.1, -0.05) is 18.2 Å². The molecule has 0 bridgehead atoms. The highest BCUT2D eigenvalue weighted by Gasteiger charge is 2.03. The molecule has 0 saturated heterocycles. The molecule has 0 aliphatic rings. The van der Waals surface area contributed by atoms with Crippen molar-refractivity contribution in [2.75, 3.05) is 0 Å². The van der Waals surface area contributed by atoms with Crippen LogP contribution in [-0.2, 0) is 17.8 Å². The zero-order valence-electron chi connectivity index (χ0n) is 12.7. The van der Waals surface area contributed by atoms with Gasteiger partial charge in [0.25, 0.3) is 0 Å². The molecule has 0 amide bonds. The molecular formula is C18H18N2O3. The van der Waals surface area contributed by atoms with Gasteiger partial charge in [-0.05, 0) is 42.7 Å². The summed E-state index contributed by atoms with van der Waals surface area (Å²) in [6.07, 6.45) is 5.45. The van der Waals surface area contributed by atoms with Crippen LogP contribution in [0.2, 0.25) is 0 Å². The number of carboxylic acid groups (broad SMARTS) is 1. The lowest BCUT2D eigenvalue weighted by molar-refractivity contribution is -0.137. The van der Waals surface area contributed by atoms with E-state index in [2.05, 4.69) is 4.98 Å². The van der Waals surface area contributed by atoms with Crippen molar-refractivity contribution in [3.05, 3.63) is 66.1 Å². The predicted octanol–water partition coefficient (Wildman–Crippen LogP) is 3.32. The monoisotopic (exact) mass is 310 g/mol. The fourth-order valence-corrected chi connectivity index (χ4v) is 2.45. The molecule has 0 fully saturated rings. The number of aliphatic carboxylic acids is 1. The van der Waals surface area contributed by atoms with Crippen LogP contribution in [-0.4, -0.2) is 20.5 Å². The average molecular weight is 310 g/mol. The van der Waals surface area contributed by atoms with Gasteiger partial charge in [-0.15, -0.1) is 0 Å². The highest BCUT2D eigenvalue weighted by atomic mass is 16.5. The van der Waals surface area contributed by atoms with E-state index in [-0.39, 0.29) is 6.42 Å². The topological polar surface area (TPSA) is 63.8 Å². The Balaban J connectivity index is 1.60. The highest BCUT2D eigenvalue weighted by molar-refractivity contribution is 5.66. The van der Waals surface area contributed by atoms with E-state index in [4.69, 9.17) is 9.84 Å². The average Bonchev–Trinajstić information content (AvgIpc) is 2.96. The Morgan fingerprint density at radius 1 is 1.22 bits per heavy atom. The molecule has 2 heterocycles. The molecular weight excluding hydrogens is 292 g/mol. The molecule has 0 radical (unpaired) electrons. The van der Waals surface area contributed by atoms with Gasteiger partial charge in [-0.2, -0.15) is 0 Å². The van der Waals surface area contributed by atoms with Crippen molar-refractivity contribution >= 4 is 11.6 Å². The van der Waals surface area contributed by atoms with Crippen molar-refractivity contribution in [1.29, 1.82) is 0 Å². The summed E-state index contributed by atoms with van der Waals surface area (Å²) in [6.45, 7) is 0.403. The van der Waals surface area contributed by atoms with Crippen LogP contribution in [0.3, 0.4) is 0 Å². The van der Waals surface area contributed by atoms with Gasteiger partial charge in [-0.3, -0.25) is 4.79 Å². The van der Waals surface area contributed by atoms with Crippen LogP contribution >= 0.6 is 0 Å². The van der Waals surface area contributed by atoms with Crippen LogP contribution in [0.1, 0.15) is 24.1 Å². The fourth-order valence-electron chi connectivity index (χ4n) is 2.45. The number of aromatic nitrogens is 2. The Morgan fingerprint density at radius 3 is 2.96 bits per heavy atom.